The predicted molar refractivity (Wildman–Crippen MR) is 80.7 cm³/mol. The third-order valence-electron chi connectivity index (χ3n) is 3.03. The number of hydrogen-bond donors (Lipinski definition) is 1. The summed E-state index contributed by atoms with van der Waals surface area (Å²) in [7, 11) is 0. The van der Waals surface area contributed by atoms with Gasteiger partial charge >= 0.3 is 0 Å². The molecule has 0 saturated carbocycles. The van der Waals surface area contributed by atoms with Gasteiger partial charge in [0.1, 0.15) is 5.75 Å². The molecule has 0 aliphatic rings. The summed E-state index contributed by atoms with van der Waals surface area (Å²) in [5, 5.41) is 9.28. The number of benzene rings is 2. The van der Waals surface area contributed by atoms with Crippen LogP contribution in [0.3, 0.4) is 0 Å². The van der Waals surface area contributed by atoms with Crippen LogP contribution < -0.4 is 0 Å². The molecule has 0 spiro atoms. The second-order valence-electron chi connectivity index (χ2n) is 4.48. The standard InChI is InChI=1S/C17H14OS/c18-15-8-6-13(7-9-15)12-16-10-11-17(19-16)14-4-2-1-3-5-14/h1-11,18H,12H2. The molecule has 0 bridgehead atoms. The van der Waals surface area contributed by atoms with Gasteiger partial charge in [0.25, 0.3) is 0 Å². The van der Waals surface area contributed by atoms with Crippen LogP contribution >= 0.6 is 11.3 Å². The van der Waals surface area contributed by atoms with Crippen molar-refractivity contribution in [1.82, 2.24) is 0 Å². The van der Waals surface area contributed by atoms with Gasteiger partial charge in [0.2, 0.25) is 0 Å². The molecule has 3 aromatic rings. The van der Waals surface area contributed by atoms with Gasteiger partial charge in [-0.05, 0) is 35.4 Å². The summed E-state index contributed by atoms with van der Waals surface area (Å²) < 4.78 is 0. The van der Waals surface area contributed by atoms with Crippen molar-refractivity contribution < 1.29 is 5.11 Å². The topological polar surface area (TPSA) is 20.2 Å². The highest BCUT2D eigenvalue weighted by molar-refractivity contribution is 7.15. The molecule has 0 amide bonds. The molecule has 2 heteroatoms. The van der Waals surface area contributed by atoms with Crippen molar-refractivity contribution >= 4 is 11.3 Å². The van der Waals surface area contributed by atoms with E-state index in [0.29, 0.717) is 5.75 Å². The van der Waals surface area contributed by atoms with Crippen LogP contribution in [0.1, 0.15) is 10.4 Å². The van der Waals surface area contributed by atoms with Crippen molar-refractivity contribution in [3.05, 3.63) is 77.2 Å². The Morgan fingerprint density at radius 1 is 0.789 bits per heavy atom. The van der Waals surface area contributed by atoms with Gasteiger partial charge in [-0.15, -0.1) is 11.3 Å². The van der Waals surface area contributed by atoms with E-state index in [1.807, 2.05) is 29.5 Å². The van der Waals surface area contributed by atoms with Gasteiger partial charge < -0.3 is 5.11 Å². The summed E-state index contributed by atoms with van der Waals surface area (Å²) >= 11 is 1.82. The first-order chi connectivity index (χ1) is 9.31. The minimum Gasteiger partial charge on any atom is -0.508 e. The Hall–Kier alpha value is -2.06. The minimum atomic E-state index is 0.319. The second-order valence-corrected chi connectivity index (χ2v) is 5.64. The molecule has 0 unspecified atom stereocenters. The summed E-state index contributed by atoms with van der Waals surface area (Å²) in [5.41, 5.74) is 2.49. The summed E-state index contributed by atoms with van der Waals surface area (Å²) in [5.74, 6) is 0.319. The van der Waals surface area contributed by atoms with Crippen molar-refractivity contribution in [3.63, 3.8) is 0 Å². The monoisotopic (exact) mass is 266 g/mol. The van der Waals surface area contributed by atoms with E-state index in [-0.39, 0.29) is 0 Å². The van der Waals surface area contributed by atoms with Gasteiger partial charge in [-0.2, -0.15) is 0 Å². The van der Waals surface area contributed by atoms with Gasteiger partial charge in [-0.1, -0.05) is 42.5 Å². The number of hydrogen-bond acceptors (Lipinski definition) is 2. The Kier molecular flexibility index (Phi) is 3.34. The minimum absolute atomic E-state index is 0.319. The van der Waals surface area contributed by atoms with Gasteiger partial charge in [0.15, 0.2) is 0 Å². The number of phenolic OH excluding ortho intramolecular Hbond substituents is 1. The summed E-state index contributed by atoms with van der Waals surface area (Å²) in [6.07, 6.45) is 0.914. The van der Waals surface area contributed by atoms with Crippen LogP contribution in [-0.4, -0.2) is 5.11 Å². The molecule has 0 saturated heterocycles. The summed E-state index contributed by atoms with van der Waals surface area (Å²) in [4.78, 5) is 2.64. The molecule has 3 rings (SSSR count). The van der Waals surface area contributed by atoms with Gasteiger partial charge in [-0.3, -0.25) is 0 Å². The smallest absolute Gasteiger partial charge is 0.115 e. The van der Waals surface area contributed by atoms with Crippen molar-refractivity contribution in [3.8, 4) is 16.2 Å². The van der Waals surface area contributed by atoms with Crippen LogP contribution in [0.15, 0.2) is 66.7 Å². The summed E-state index contributed by atoms with van der Waals surface area (Å²) in [6, 6.07) is 22.2. The zero-order valence-electron chi connectivity index (χ0n) is 10.4. The lowest BCUT2D eigenvalue weighted by Gasteiger charge is -1.99. The molecule has 1 aromatic heterocycles. The van der Waals surface area contributed by atoms with Gasteiger partial charge in [-0.25, -0.2) is 0 Å². The highest BCUT2D eigenvalue weighted by atomic mass is 32.1. The van der Waals surface area contributed by atoms with Crippen LogP contribution in [0, 0.1) is 0 Å². The van der Waals surface area contributed by atoms with E-state index in [9.17, 15) is 5.11 Å². The third kappa shape index (κ3) is 2.85. The molecule has 0 atom stereocenters. The van der Waals surface area contributed by atoms with Crippen LogP contribution in [0.5, 0.6) is 5.75 Å². The van der Waals surface area contributed by atoms with Crippen LogP contribution in [0.2, 0.25) is 0 Å². The SMILES string of the molecule is Oc1ccc(Cc2ccc(-c3ccccc3)s2)cc1. The fourth-order valence-corrected chi connectivity index (χ4v) is 3.09. The number of phenols is 1. The van der Waals surface area contributed by atoms with E-state index in [1.165, 1.54) is 20.9 Å². The zero-order chi connectivity index (χ0) is 13.1. The zero-order valence-corrected chi connectivity index (χ0v) is 11.2. The molecular formula is C17H14OS. The number of aromatic hydroxyl groups is 1. The van der Waals surface area contributed by atoms with Crippen LogP contribution in [0.25, 0.3) is 10.4 Å². The first-order valence-corrected chi connectivity index (χ1v) is 7.05. The van der Waals surface area contributed by atoms with Crippen molar-refractivity contribution in [2.45, 2.75) is 6.42 Å². The maximum Gasteiger partial charge on any atom is 0.115 e. The average molecular weight is 266 g/mol. The summed E-state index contributed by atoms with van der Waals surface area (Å²) in [6.45, 7) is 0. The molecule has 0 fully saturated rings. The fraction of sp³-hybridized carbons (Fsp3) is 0.0588. The first-order valence-electron chi connectivity index (χ1n) is 6.23. The molecule has 1 heterocycles. The quantitative estimate of drug-likeness (QED) is 0.727. The molecule has 0 aliphatic heterocycles. The van der Waals surface area contributed by atoms with E-state index >= 15 is 0 Å². The van der Waals surface area contributed by atoms with E-state index in [1.54, 1.807) is 12.1 Å². The van der Waals surface area contributed by atoms with Crippen LogP contribution in [0.4, 0.5) is 0 Å². The fourth-order valence-electron chi connectivity index (χ4n) is 2.05. The average Bonchev–Trinajstić information content (AvgIpc) is 2.91. The van der Waals surface area contributed by atoms with E-state index in [2.05, 4.69) is 36.4 Å². The lowest BCUT2D eigenvalue weighted by atomic mass is 10.1. The molecule has 0 radical (unpaired) electrons. The lowest BCUT2D eigenvalue weighted by Crippen LogP contribution is -1.82. The van der Waals surface area contributed by atoms with E-state index in [4.69, 9.17) is 0 Å². The molecule has 19 heavy (non-hydrogen) atoms. The molecule has 94 valence electrons. The van der Waals surface area contributed by atoms with E-state index in [0.717, 1.165) is 6.42 Å². The molecule has 1 N–H and O–H groups in total. The Bertz CT molecular complexity index is 653. The Morgan fingerprint density at radius 2 is 1.53 bits per heavy atom. The number of rotatable bonds is 3. The Morgan fingerprint density at radius 3 is 2.26 bits per heavy atom. The molecular weight excluding hydrogens is 252 g/mol. The van der Waals surface area contributed by atoms with Crippen LogP contribution in [-0.2, 0) is 6.42 Å². The normalized spacial score (nSPS) is 10.5. The number of thiophene rings is 1. The van der Waals surface area contributed by atoms with Crippen molar-refractivity contribution in [2.75, 3.05) is 0 Å². The Labute approximate surface area is 116 Å². The Balaban J connectivity index is 1.80. The maximum absolute atomic E-state index is 9.28. The highest BCUT2D eigenvalue weighted by Gasteiger charge is 2.03. The predicted octanol–water partition coefficient (Wildman–Crippen LogP) is 4.71. The van der Waals surface area contributed by atoms with Gasteiger partial charge in [0.05, 0.1) is 0 Å². The lowest BCUT2D eigenvalue weighted by molar-refractivity contribution is 0.475. The van der Waals surface area contributed by atoms with Gasteiger partial charge in [0, 0.05) is 16.2 Å². The van der Waals surface area contributed by atoms with E-state index < -0.39 is 0 Å². The third-order valence-corrected chi connectivity index (χ3v) is 4.17. The maximum atomic E-state index is 9.28. The molecule has 2 aromatic carbocycles. The largest absolute Gasteiger partial charge is 0.508 e. The molecule has 1 nitrogen and oxygen atoms in total. The highest BCUT2D eigenvalue weighted by Crippen LogP contribution is 2.29. The molecule has 0 aliphatic carbocycles. The van der Waals surface area contributed by atoms with Crippen molar-refractivity contribution in [1.29, 1.82) is 0 Å². The van der Waals surface area contributed by atoms with Crippen molar-refractivity contribution in [2.24, 2.45) is 0 Å². The first kappa shape index (κ1) is 12.0. The second kappa shape index (κ2) is 5.29.